The predicted molar refractivity (Wildman–Crippen MR) is 80.2 cm³/mol. The van der Waals surface area contributed by atoms with E-state index in [1.807, 2.05) is 20.8 Å². The minimum absolute atomic E-state index is 0.0742. The normalized spacial score (nSPS) is 13.3. The Bertz CT molecular complexity index is 603. The predicted octanol–water partition coefficient (Wildman–Crippen LogP) is 2.53. The van der Waals surface area contributed by atoms with Crippen LogP contribution < -0.4 is 10.5 Å². The molecule has 0 bridgehead atoms. The Balaban J connectivity index is 3.13. The highest BCUT2D eigenvalue weighted by atomic mass is 35.5. The third-order valence-corrected chi connectivity index (χ3v) is 4.44. The fraction of sp³-hybridized carbons (Fsp3) is 0.462. The van der Waals surface area contributed by atoms with Crippen molar-refractivity contribution in [1.82, 2.24) is 0 Å². The molecule has 5 nitrogen and oxygen atoms in total. The second kappa shape index (κ2) is 6.11. The minimum atomic E-state index is -3.82. The van der Waals surface area contributed by atoms with Crippen LogP contribution in [0.5, 0.6) is 0 Å². The van der Waals surface area contributed by atoms with Crippen molar-refractivity contribution in [3.8, 4) is 0 Å². The number of benzene rings is 1. The molecule has 0 saturated heterocycles. The quantitative estimate of drug-likeness (QED) is 0.894. The SMILES string of the molecule is Cc1cc(S(N)(=O)=O)cc(Cl)c1NC(=O)C(C)C(C)C. The van der Waals surface area contributed by atoms with E-state index in [4.69, 9.17) is 16.7 Å². The number of primary sulfonamides is 1. The van der Waals surface area contributed by atoms with Crippen molar-refractivity contribution in [3.05, 3.63) is 22.7 Å². The highest BCUT2D eigenvalue weighted by Crippen LogP contribution is 2.29. The fourth-order valence-electron chi connectivity index (χ4n) is 1.57. The topological polar surface area (TPSA) is 89.3 Å². The Labute approximate surface area is 124 Å². The number of hydrogen-bond donors (Lipinski definition) is 2. The molecule has 1 amide bonds. The third kappa shape index (κ3) is 3.94. The molecule has 112 valence electrons. The molecule has 0 spiro atoms. The summed E-state index contributed by atoms with van der Waals surface area (Å²) in [6.07, 6.45) is 0. The minimum Gasteiger partial charge on any atom is -0.324 e. The Morgan fingerprint density at radius 2 is 1.85 bits per heavy atom. The molecule has 0 aliphatic carbocycles. The van der Waals surface area contributed by atoms with Crippen molar-refractivity contribution in [1.29, 1.82) is 0 Å². The summed E-state index contributed by atoms with van der Waals surface area (Å²) in [5.41, 5.74) is 0.961. The van der Waals surface area contributed by atoms with Gasteiger partial charge in [0.15, 0.2) is 0 Å². The first-order valence-corrected chi connectivity index (χ1v) is 8.10. The second-order valence-corrected chi connectivity index (χ2v) is 7.13. The summed E-state index contributed by atoms with van der Waals surface area (Å²) in [4.78, 5) is 12.0. The zero-order chi connectivity index (χ0) is 15.7. The number of hydrogen-bond acceptors (Lipinski definition) is 3. The van der Waals surface area contributed by atoms with Crippen LogP contribution in [0.25, 0.3) is 0 Å². The molecule has 1 atom stereocenters. The van der Waals surface area contributed by atoms with Crippen LogP contribution in [0, 0.1) is 18.8 Å². The van der Waals surface area contributed by atoms with E-state index in [2.05, 4.69) is 5.32 Å². The van der Waals surface area contributed by atoms with Crippen LogP contribution in [0.3, 0.4) is 0 Å². The number of halogens is 1. The van der Waals surface area contributed by atoms with Gasteiger partial charge in [-0.2, -0.15) is 0 Å². The van der Waals surface area contributed by atoms with Gasteiger partial charge in [0, 0.05) is 5.92 Å². The Kier molecular flexibility index (Phi) is 5.18. The molecule has 20 heavy (non-hydrogen) atoms. The molecule has 0 aromatic heterocycles. The molecule has 1 aromatic rings. The maximum Gasteiger partial charge on any atom is 0.238 e. The van der Waals surface area contributed by atoms with E-state index in [1.165, 1.54) is 12.1 Å². The van der Waals surface area contributed by atoms with E-state index in [9.17, 15) is 13.2 Å². The molecule has 0 radical (unpaired) electrons. The number of carbonyl (C=O) groups excluding carboxylic acids is 1. The molecule has 0 aliphatic heterocycles. The van der Waals surface area contributed by atoms with Crippen molar-refractivity contribution in [2.45, 2.75) is 32.6 Å². The molecule has 7 heteroatoms. The summed E-state index contributed by atoms with van der Waals surface area (Å²) in [6, 6.07) is 2.62. The summed E-state index contributed by atoms with van der Waals surface area (Å²) >= 11 is 6.03. The van der Waals surface area contributed by atoms with Gasteiger partial charge in [-0.05, 0) is 30.5 Å². The first kappa shape index (κ1) is 16.9. The molecule has 1 unspecified atom stereocenters. The zero-order valence-corrected chi connectivity index (χ0v) is 13.5. The van der Waals surface area contributed by atoms with Gasteiger partial charge in [0.1, 0.15) is 0 Å². The van der Waals surface area contributed by atoms with Gasteiger partial charge in [0.05, 0.1) is 15.6 Å². The van der Waals surface area contributed by atoms with E-state index in [0.717, 1.165) is 0 Å². The Hall–Kier alpha value is -1.11. The number of carbonyl (C=O) groups is 1. The van der Waals surface area contributed by atoms with E-state index in [-0.39, 0.29) is 27.7 Å². The highest BCUT2D eigenvalue weighted by molar-refractivity contribution is 7.89. The van der Waals surface area contributed by atoms with E-state index in [1.54, 1.807) is 6.92 Å². The zero-order valence-electron chi connectivity index (χ0n) is 11.9. The summed E-state index contributed by atoms with van der Waals surface area (Å²) in [6.45, 7) is 7.38. The van der Waals surface area contributed by atoms with Crippen LogP contribution in [0.1, 0.15) is 26.3 Å². The molecule has 0 heterocycles. The average Bonchev–Trinajstić information content (AvgIpc) is 2.30. The smallest absolute Gasteiger partial charge is 0.238 e. The van der Waals surface area contributed by atoms with Crippen molar-refractivity contribution in [2.24, 2.45) is 17.0 Å². The van der Waals surface area contributed by atoms with Crippen molar-refractivity contribution < 1.29 is 13.2 Å². The summed E-state index contributed by atoms with van der Waals surface area (Å²) in [5, 5.41) is 7.94. The van der Waals surface area contributed by atoms with Gasteiger partial charge in [-0.25, -0.2) is 13.6 Å². The molecule has 0 aliphatic rings. The van der Waals surface area contributed by atoms with Crippen molar-refractivity contribution in [3.63, 3.8) is 0 Å². The number of sulfonamides is 1. The molecule has 1 aromatic carbocycles. The molecule has 0 fully saturated rings. The lowest BCUT2D eigenvalue weighted by atomic mass is 9.97. The van der Waals surface area contributed by atoms with Gasteiger partial charge < -0.3 is 5.32 Å². The monoisotopic (exact) mass is 318 g/mol. The van der Waals surface area contributed by atoms with Crippen LogP contribution in [-0.4, -0.2) is 14.3 Å². The van der Waals surface area contributed by atoms with Gasteiger partial charge in [0.2, 0.25) is 15.9 Å². The lowest BCUT2D eigenvalue weighted by Crippen LogP contribution is -2.25. The van der Waals surface area contributed by atoms with Gasteiger partial charge >= 0.3 is 0 Å². The molecule has 0 saturated carbocycles. The molecule has 1 rings (SSSR count). The fourth-order valence-corrected chi connectivity index (χ4v) is 2.58. The lowest BCUT2D eigenvalue weighted by molar-refractivity contribution is -0.120. The number of nitrogens with two attached hydrogens (primary N) is 1. The maximum absolute atomic E-state index is 12.0. The molecular formula is C13H19ClN2O3S. The average molecular weight is 319 g/mol. The van der Waals surface area contributed by atoms with Gasteiger partial charge in [-0.3, -0.25) is 4.79 Å². The first-order chi connectivity index (χ1) is 9.04. The number of rotatable bonds is 4. The van der Waals surface area contributed by atoms with E-state index >= 15 is 0 Å². The van der Waals surface area contributed by atoms with Crippen LogP contribution in [0.15, 0.2) is 17.0 Å². The van der Waals surface area contributed by atoms with Gasteiger partial charge in [-0.15, -0.1) is 0 Å². The van der Waals surface area contributed by atoms with Crippen LogP contribution >= 0.6 is 11.6 Å². The summed E-state index contributed by atoms with van der Waals surface area (Å²) in [5.74, 6) is -0.144. The Morgan fingerprint density at radius 1 is 1.30 bits per heavy atom. The van der Waals surface area contributed by atoms with Crippen molar-refractivity contribution >= 4 is 33.2 Å². The maximum atomic E-state index is 12.0. The molecular weight excluding hydrogens is 300 g/mol. The van der Waals surface area contributed by atoms with Crippen molar-refractivity contribution in [2.75, 3.05) is 5.32 Å². The summed E-state index contributed by atoms with van der Waals surface area (Å²) in [7, 11) is -3.82. The third-order valence-electron chi connectivity index (χ3n) is 3.25. The van der Waals surface area contributed by atoms with Crippen LogP contribution in [0.4, 0.5) is 5.69 Å². The number of amides is 1. The second-order valence-electron chi connectivity index (χ2n) is 5.16. The molecule has 3 N–H and O–H groups in total. The largest absolute Gasteiger partial charge is 0.324 e. The summed E-state index contributed by atoms with van der Waals surface area (Å²) < 4.78 is 22.6. The van der Waals surface area contributed by atoms with Gasteiger partial charge in [0.25, 0.3) is 0 Å². The van der Waals surface area contributed by atoms with E-state index < -0.39 is 10.0 Å². The number of aryl methyl sites for hydroxylation is 1. The van der Waals surface area contributed by atoms with Gasteiger partial charge in [-0.1, -0.05) is 32.4 Å². The van der Waals surface area contributed by atoms with Crippen LogP contribution in [0.2, 0.25) is 5.02 Å². The highest BCUT2D eigenvalue weighted by Gasteiger charge is 2.20. The lowest BCUT2D eigenvalue weighted by Gasteiger charge is -2.17. The van der Waals surface area contributed by atoms with E-state index in [0.29, 0.717) is 11.3 Å². The number of nitrogens with one attached hydrogen (secondary N) is 1. The number of anilines is 1. The standard InChI is InChI=1S/C13H19ClN2O3S/c1-7(2)9(4)13(17)16-12-8(3)5-10(6-11(12)14)20(15,18)19/h5-7,9H,1-4H3,(H,16,17)(H2,15,18,19). The van der Waals surface area contributed by atoms with Crippen LogP contribution in [-0.2, 0) is 14.8 Å². The first-order valence-electron chi connectivity index (χ1n) is 6.18. The Morgan fingerprint density at radius 3 is 2.25 bits per heavy atom.